The van der Waals surface area contributed by atoms with E-state index >= 15 is 0 Å². The van der Waals surface area contributed by atoms with Gasteiger partial charge in [0.2, 0.25) is 0 Å². The van der Waals surface area contributed by atoms with Crippen molar-refractivity contribution >= 4 is 29.0 Å². The van der Waals surface area contributed by atoms with Gasteiger partial charge in [0.25, 0.3) is 11.5 Å². The van der Waals surface area contributed by atoms with E-state index in [1.54, 1.807) is 36.5 Å². The van der Waals surface area contributed by atoms with E-state index < -0.39 is 28.4 Å². The number of nitrogens with zero attached hydrogens (tertiary/aromatic N) is 4. The molecule has 0 bridgehead atoms. The molecule has 1 N–H and O–H groups in total. The van der Waals surface area contributed by atoms with Crippen LogP contribution < -0.4 is 4.90 Å². The highest BCUT2D eigenvalue weighted by Crippen LogP contribution is 2.41. The van der Waals surface area contributed by atoms with Crippen molar-refractivity contribution in [1.82, 2.24) is 9.97 Å². The van der Waals surface area contributed by atoms with Crippen molar-refractivity contribution in [3.05, 3.63) is 100 Å². The predicted octanol–water partition coefficient (Wildman–Crippen LogP) is 3.01. The maximum atomic E-state index is 12.9. The molecule has 2 aromatic heterocycles. The standard InChI is InChI=1S/C21H14N4O5/c26-19(13-6-8-15(9-7-13)25(29)30)17-18(14-4-3-10-22-12-14)24(21(28)20(17)27)16-5-1-2-11-23-16/h1-12,18,26H/t18-/m1/s1. The van der Waals surface area contributed by atoms with Gasteiger partial charge in [-0.15, -0.1) is 0 Å². The first-order valence-corrected chi connectivity index (χ1v) is 8.86. The van der Waals surface area contributed by atoms with E-state index in [0.29, 0.717) is 5.56 Å². The van der Waals surface area contributed by atoms with Crippen LogP contribution in [0, 0.1) is 10.1 Å². The second-order valence-electron chi connectivity index (χ2n) is 6.45. The third kappa shape index (κ3) is 3.18. The van der Waals surface area contributed by atoms with Crippen molar-refractivity contribution in [3.63, 3.8) is 0 Å². The number of aliphatic hydroxyl groups is 1. The van der Waals surface area contributed by atoms with Gasteiger partial charge in [-0.25, -0.2) is 4.98 Å². The van der Waals surface area contributed by atoms with Gasteiger partial charge in [0.1, 0.15) is 11.6 Å². The van der Waals surface area contributed by atoms with Gasteiger partial charge in [0.15, 0.2) is 0 Å². The minimum absolute atomic E-state index is 0.146. The highest BCUT2D eigenvalue weighted by Gasteiger charge is 2.47. The first-order chi connectivity index (χ1) is 14.5. The van der Waals surface area contributed by atoms with Gasteiger partial charge in [0, 0.05) is 36.3 Å². The lowest BCUT2D eigenvalue weighted by molar-refractivity contribution is -0.384. The number of ketones is 1. The van der Waals surface area contributed by atoms with Crippen LogP contribution in [0.4, 0.5) is 11.5 Å². The molecule has 30 heavy (non-hydrogen) atoms. The summed E-state index contributed by atoms with van der Waals surface area (Å²) in [7, 11) is 0. The Bertz CT molecular complexity index is 1160. The van der Waals surface area contributed by atoms with Crippen LogP contribution in [-0.2, 0) is 9.59 Å². The summed E-state index contributed by atoms with van der Waals surface area (Å²) in [4.78, 5) is 45.5. The Labute approximate surface area is 170 Å². The Balaban J connectivity index is 1.90. The molecule has 1 saturated heterocycles. The van der Waals surface area contributed by atoms with Crippen LogP contribution >= 0.6 is 0 Å². The van der Waals surface area contributed by atoms with Gasteiger partial charge in [0.05, 0.1) is 16.5 Å². The molecule has 3 heterocycles. The molecule has 4 rings (SSSR count). The molecular weight excluding hydrogens is 388 g/mol. The fraction of sp³-hybridized carbons (Fsp3) is 0.0476. The molecule has 0 aliphatic carbocycles. The zero-order valence-corrected chi connectivity index (χ0v) is 15.4. The molecule has 1 aliphatic heterocycles. The number of carbonyl (C=O) groups is 2. The first kappa shape index (κ1) is 18.9. The average molecular weight is 402 g/mol. The zero-order valence-electron chi connectivity index (χ0n) is 15.4. The Kier molecular flexibility index (Phi) is 4.77. The number of pyridine rings is 2. The molecule has 9 nitrogen and oxygen atoms in total. The quantitative estimate of drug-likeness (QED) is 0.234. The lowest BCUT2D eigenvalue weighted by Gasteiger charge is -2.24. The number of Topliss-reactive ketones (excluding diaryl/α,β-unsaturated/α-hetero) is 1. The number of hydrogen-bond donors (Lipinski definition) is 1. The summed E-state index contributed by atoms with van der Waals surface area (Å²) < 4.78 is 0. The van der Waals surface area contributed by atoms with E-state index in [4.69, 9.17) is 0 Å². The minimum atomic E-state index is -0.955. The van der Waals surface area contributed by atoms with Crippen LogP contribution in [0.15, 0.2) is 78.8 Å². The summed E-state index contributed by atoms with van der Waals surface area (Å²) in [6.45, 7) is 0. The number of non-ortho nitro benzene ring substituents is 1. The molecule has 0 unspecified atom stereocenters. The lowest BCUT2D eigenvalue weighted by Crippen LogP contribution is -2.30. The minimum Gasteiger partial charge on any atom is -0.507 e. The number of anilines is 1. The number of benzene rings is 1. The summed E-state index contributed by atoms with van der Waals surface area (Å²) in [5.41, 5.74) is 0.371. The number of carbonyl (C=O) groups excluding carboxylic acids is 2. The van der Waals surface area contributed by atoms with Crippen molar-refractivity contribution in [2.45, 2.75) is 6.04 Å². The Hall–Kier alpha value is -4.40. The number of aliphatic hydroxyl groups excluding tert-OH is 1. The maximum absolute atomic E-state index is 12.9. The zero-order chi connectivity index (χ0) is 21.3. The lowest BCUT2D eigenvalue weighted by atomic mass is 9.96. The van der Waals surface area contributed by atoms with E-state index in [1.165, 1.54) is 41.6 Å². The van der Waals surface area contributed by atoms with Crippen molar-refractivity contribution in [1.29, 1.82) is 0 Å². The normalized spacial score (nSPS) is 17.9. The summed E-state index contributed by atoms with van der Waals surface area (Å²) >= 11 is 0. The van der Waals surface area contributed by atoms with Crippen LogP contribution in [0.25, 0.3) is 5.76 Å². The first-order valence-electron chi connectivity index (χ1n) is 8.86. The SMILES string of the molecule is O=C1C(=O)N(c2ccccn2)[C@H](c2cccnc2)C1=C(O)c1ccc([N+](=O)[O-])cc1. The monoisotopic (exact) mass is 402 g/mol. The second kappa shape index (κ2) is 7.55. The van der Waals surface area contributed by atoms with Crippen LogP contribution in [-0.4, -0.2) is 31.7 Å². The predicted molar refractivity (Wildman–Crippen MR) is 106 cm³/mol. The molecule has 1 aliphatic rings. The molecular formula is C21H14N4O5. The van der Waals surface area contributed by atoms with Crippen molar-refractivity contribution in [3.8, 4) is 0 Å². The highest BCUT2D eigenvalue weighted by atomic mass is 16.6. The van der Waals surface area contributed by atoms with Gasteiger partial charge in [-0.2, -0.15) is 0 Å². The number of hydrogen-bond acceptors (Lipinski definition) is 7. The van der Waals surface area contributed by atoms with Crippen LogP contribution in [0.2, 0.25) is 0 Å². The summed E-state index contributed by atoms with van der Waals surface area (Å²) in [6, 6.07) is 12.4. The summed E-state index contributed by atoms with van der Waals surface area (Å²) in [6.07, 6.45) is 4.54. The van der Waals surface area contributed by atoms with Crippen LogP contribution in [0.3, 0.4) is 0 Å². The van der Waals surface area contributed by atoms with E-state index in [-0.39, 0.29) is 22.6 Å². The molecule has 1 aromatic carbocycles. The maximum Gasteiger partial charge on any atom is 0.301 e. The number of aromatic nitrogens is 2. The van der Waals surface area contributed by atoms with Crippen LogP contribution in [0.5, 0.6) is 0 Å². The van der Waals surface area contributed by atoms with Gasteiger partial charge in [-0.05, 0) is 35.9 Å². The summed E-state index contributed by atoms with van der Waals surface area (Å²) in [5, 5.41) is 21.8. The number of nitro benzene ring substituents is 1. The molecule has 9 heteroatoms. The summed E-state index contributed by atoms with van der Waals surface area (Å²) in [5.74, 6) is -1.91. The van der Waals surface area contributed by atoms with Crippen molar-refractivity contribution in [2.24, 2.45) is 0 Å². The fourth-order valence-electron chi connectivity index (χ4n) is 3.31. The number of amides is 1. The van der Waals surface area contributed by atoms with Gasteiger partial charge < -0.3 is 5.11 Å². The van der Waals surface area contributed by atoms with Crippen LogP contribution in [0.1, 0.15) is 17.2 Å². The van der Waals surface area contributed by atoms with E-state index in [2.05, 4.69) is 9.97 Å². The molecule has 0 spiro atoms. The van der Waals surface area contributed by atoms with E-state index in [1.807, 2.05) is 0 Å². The molecule has 1 atom stereocenters. The molecule has 1 fully saturated rings. The average Bonchev–Trinajstić information content (AvgIpc) is 3.05. The third-order valence-electron chi connectivity index (χ3n) is 4.69. The smallest absolute Gasteiger partial charge is 0.301 e. The van der Waals surface area contributed by atoms with E-state index in [9.17, 15) is 24.8 Å². The third-order valence-corrected chi connectivity index (χ3v) is 4.69. The molecule has 0 radical (unpaired) electrons. The Morgan fingerprint density at radius 2 is 1.80 bits per heavy atom. The molecule has 0 saturated carbocycles. The van der Waals surface area contributed by atoms with Crippen molar-refractivity contribution < 1.29 is 19.6 Å². The number of rotatable bonds is 4. The van der Waals surface area contributed by atoms with Gasteiger partial charge in [-0.1, -0.05) is 12.1 Å². The Morgan fingerprint density at radius 1 is 1.03 bits per heavy atom. The molecule has 1 amide bonds. The highest BCUT2D eigenvalue weighted by molar-refractivity contribution is 6.51. The second-order valence-corrected chi connectivity index (χ2v) is 6.45. The van der Waals surface area contributed by atoms with Gasteiger partial charge in [-0.3, -0.25) is 29.6 Å². The largest absolute Gasteiger partial charge is 0.507 e. The molecule has 3 aromatic rings. The van der Waals surface area contributed by atoms with Crippen molar-refractivity contribution in [2.75, 3.05) is 4.90 Å². The topological polar surface area (TPSA) is 127 Å². The number of nitro groups is 1. The fourth-order valence-corrected chi connectivity index (χ4v) is 3.31. The Morgan fingerprint density at radius 3 is 2.40 bits per heavy atom. The molecule has 148 valence electrons. The van der Waals surface area contributed by atoms with Gasteiger partial charge >= 0.3 is 5.91 Å². The van der Waals surface area contributed by atoms with E-state index in [0.717, 1.165) is 0 Å².